The van der Waals surface area contributed by atoms with Crippen LogP contribution in [0.15, 0.2) is 60.7 Å². The molecule has 1 saturated carbocycles. The van der Waals surface area contributed by atoms with Gasteiger partial charge in [0.2, 0.25) is 0 Å². The Labute approximate surface area is 133 Å². The molecular formula is C20H25NO. The molecule has 0 amide bonds. The average molecular weight is 295 g/mol. The summed E-state index contributed by atoms with van der Waals surface area (Å²) in [6, 6.07) is 21.0. The second-order valence-electron chi connectivity index (χ2n) is 6.41. The van der Waals surface area contributed by atoms with E-state index in [9.17, 15) is 5.11 Å². The van der Waals surface area contributed by atoms with Crippen LogP contribution in [0.1, 0.15) is 30.4 Å². The minimum absolute atomic E-state index is 0.207. The SMILES string of the molecule is CN(CCc1ccccc1)C1CCCC1(O)c1ccccc1. The zero-order chi connectivity index (χ0) is 15.4. The standard InChI is InChI=1S/C20H25NO/c1-21(16-14-17-9-4-2-5-10-17)19-13-8-15-20(19,22)18-11-6-3-7-12-18/h2-7,9-12,19,22H,8,13-16H2,1H3. The van der Waals surface area contributed by atoms with Gasteiger partial charge in [-0.05, 0) is 43.9 Å². The molecule has 0 spiro atoms. The average Bonchev–Trinajstić information content (AvgIpc) is 2.98. The van der Waals surface area contributed by atoms with Gasteiger partial charge in [-0.3, -0.25) is 4.90 Å². The summed E-state index contributed by atoms with van der Waals surface area (Å²) in [5.74, 6) is 0. The summed E-state index contributed by atoms with van der Waals surface area (Å²) < 4.78 is 0. The van der Waals surface area contributed by atoms with Gasteiger partial charge in [-0.1, -0.05) is 60.7 Å². The summed E-state index contributed by atoms with van der Waals surface area (Å²) >= 11 is 0. The molecule has 0 saturated heterocycles. The third kappa shape index (κ3) is 3.08. The van der Waals surface area contributed by atoms with Crippen molar-refractivity contribution in [3.63, 3.8) is 0 Å². The lowest BCUT2D eigenvalue weighted by Gasteiger charge is -2.37. The number of hydrogen-bond acceptors (Lipinski definition) is 2. The van der Waals surface area contributed by atoms with Crippen LogP contribution in [-0.2, 0) is 12.0 Å². The fraction of sp³-hybridized carbons (Fsp3) is 0.400. The molecule has 2 aromatic rings. The van der Waals surface area contributed by atoms with Gasteiger partial charge in [0.05, 0.1) is 0 Å². The van der Waals surface area contributed by atoms with Crippen molar-refractivity contribution in [2.24, 2.45) is 0 Å². The van der Waals surface area contributed by atoms with Gasteiger partial charge in [0.15, 0.2) is 0 Å². The first-order valence-electron chi connectivity index (χ1n) is 8.22. The highest BCUT2D eigenvalue weighted by Gasteiger charge is 2.44. The van der Waals surface area contributed by atoms with Gasteiger partial charge >= 0.3 is 0 Å². The minimum atomic E-state index is -0.702. The van der Waals surface area contributed by atoms with E-state index in [0.717, 1.165) is 37.8 Å². The fourth-order valence-corrected chi connectivity index (χ4v) is 3.72. The highest BCUT2D eigenvalue weighted by Crippen LogP contribution is 2.41. The van der Waals surface area contributed by atoms with Crippen LogP contribution in [0.5, 0.6) is 0 Å². The van der Waals surface area contributed by atoms with E-state index < -0.39 is 5.60 Å². The topological polar surface area (TPSA) is 23.5 Å². The Morgan fingerprint density at radius 1 is 1.05 bits per heavy atom. The second kappa shape index (κ2) is 6.64. The van der Waals surface area contributed by atoms with E-state index >= 15 is 0 Å². The molecule has 1 aliphatic carbocycles. The number of benzene rings is 2. The molecule has 2 atom stereocenters. The number of nitrogens with zero attached hydrogens (tertiary/aromatic N) is 1. The molecule has 116 valence electrons. The summed E-state index contributed by atoms with van der Waals surface area (Å²) in [5.41, 5.74) is 1.71. The van der Waals surface area contributed by atoms with Crippen molar-refractivity contribution >= 4 is 0 Å². The minimum Gasteiger partial charge on any atom is -0.384 e. The van der Waals surface area contributed by atoms with Gasteiger partial charge in [0.1, 0.15) is 5.60 Å². The van der Waals surface area contributed by atoms with Crippen molar-refractivity contribution in [1.29, 1.82) is 0 Å². The molecule has 2 nitrogen and oxygen atoms in total. The van der Waals surface area contributed by atoms with Gasteiger partial charge in [-0.15, -0.1) is 0 Å². The van der Waals surface area contributed by atoms with Gasteiger partial charge in [0.25, 0.3) is 0 Å². The monoisotopic (exact) mass is 295 g/mol. The molecule has 1 N–H and O–H groups in total. The Hall–Kier alpha value is -1.64. The van der Waals surface area contributed by atoms with E-state index in [2.05, 4.69) is 54.4 Å². The van der Waals surface area contributed by atoms with Crippen LogP contribution in [0.25, 0.3) is 0 Å². The van der Waals surface area contributed by atoms with Crippen LogP contribution in [0.2, 0.25) is 0 Å². The quantitative estimate of drug-likeness (QED) is 0.911. The highest BCUT2D eigenvalue weighted by atomic mass is 16.3. The van der Waals surface area contributed by atoms with E-state index in [0.29, 0.717) is 0 Å². The van der Waals surface area contributed by atoms with Crippen molar-refractivity contribution < 1.29 is 5.11 Å². The maximum Gasteiger partial charge on any atom is 0.105 e. The predicted octanol–water partition coefficient (Wildman–Crippen LogP) is 3.60. The molecule has 2 unspecified atom stereocenters. The molecule has 2 heteroatoms. The smallest absolute Gasteiger partial charge is 0.105 e. The van der Waals surface area contributed by atoms with Crippen molar-refractivity contribution in [3.8, 4) is 0 Å². The molecule has 0 heterocycles. The molecule has 22 heavy (non-hydrogen) atoms. The first-order chi connectivity index (χ1) is 10.7. The van der Waals surface area contributed by atoms with Gasteiger partial charge in [-0.25, -0.2) is 0 Å². The van der Waals surface area contributed by atoms with Crippen LogP contribution in [0.3, 0.4) is 0 Å². The van der Waals surface area contributed by atoms with Gasteiger partial charge in [-0.2, -0.15) is 0 Å². The normalized spacial score (nSPS) is 24.8. The summed E-state index contributed by atoms with van der Waals surface area (Å²) in [4.78, 5) is 2.34. The van der Waals surface area contributed by atoms with Crippen molar-refractivity contribution in [2.45, 2.75) is 37.3 Å². The summed E-state index contributed by atoms with van der Waals surface area (Å²) in [6.45, 7) is 0.976. The number of likely N-dealkylation sites (N-methyl/N-ethyl adjacent to an activating group) is 1. The van der Waals surface area contributed by atoms with E-state index in [1.54, 1.807) is 0 Å². The van der Waals surface area contributed by atoms with E-state index in [1.807, 2.05) is 18.2 Å². The Morgan fingerprint density at radius 2 is 1.68 bits per heavy atom. The van der Waals surface area contributed by atoms with Crippen LogP contribution >= 0.6 is 0 Å². The zero-order valence-corrected chi connectivity index (χ0v) is 13.3. The lowest BCUT2D eigenvalue weighted by Crippen LogP contribution is -2.46. The Morgan fingerprint density at radius 3 is 2.36 bits per heavy atom. The molecule has 3 rings (SSSR count). The first-order valence-corrected chi connectivity index (χ1v) is 8.22. The van der Waals surface area contributed by atoms with E-state index in [4.69, 9.17) is 0 Å². The zero-order valence-electron chi connectivity index (χ0n) is 13.3. The maximum atomic E-state index is 11.2. The summed E-state index contributed by atoms with van der Waals surface area (Å²) in [7, 11) is 2.15. The highest BCUT2D eigenvalue weighted by molar-refractivity contribution is 5.26. The lowest BCUT2D eigenvalue weighted by molar-refractivity contribution is -0.0246. The molecule has 0 aliphatic heterocycles. The third-order valence-corrected chi connectivity index (χ3v) is 4.99. The molecule has 0 bridgehead atoms. The van der Waals surface area contributed by atoms with Crippen LogP contribution < -0.4 is 0 Å². The van der Waals surface area contributed by atoms with Crippen LogP contribution in [0, 0.1) is 0 Å². The molecular weight excluding hydrogens is 270 g/mol. The third-order valence-electron chi connectivity index (χ3n) is 4.99. The number of rotatable bonds is 5. The van der Waals surface area contributed by atoms with Crippen molar-refractivity contribution in [1.82, 2.24) is 4.90 Å². The summed E-state index contributed by atoms with van der Waals surface area (Å²) in [5, 5.41) is 11.2. The number of aliphatic hydroxyl groups is 1. The van der Waals surface area contributed by atoms with Gasteiger partial charge in [0, 0.05) is 12.6 Å². The van der Waals surface area contributed by atoms with E-state index in [-0.39, 0.29) is 6.04 Å². The largest absolute Gasteiger partial charge is 0.384 e. The maximum absolute atomic E-state index is 11.2. The Balaban J connectivity index is 1.70. The Bertz CT molecular complexity index is 583. The van der Waals surface area contributed by atoms with E-state index in [1.165, 1.54) is 5.56 Å². The second-order valence-corrected chi connectivity index (χ2v) is 6.41. The summed E-state index contributed by atoms with van der Waals surface area (Å²) in [6.07, 6.45) is 4.04. The van der Waals surface area contributed by atoms with Crippen LogP contribution in [-0.4, -0.2) is 29.6 Å². The van der Waals surface area contributed by atoms with Crippen LogP contribution in [0.4, 0.5) is 0 Å². The van der Waals surface area contributed by atoms with Crippen molar-refractivity contribution in [2.75, 3.05) is 13.6 Å². The molecule has 1 aliphatic rings. The molecule has 0 aromatic heterocycles. The lowest BCUT2D eigenvalue weighted by atomic mass is 9.88. The Kier molecular flexibility index (Phi) is 4.60. The fourth-order valence-electron chi connectivity index (χ4n) is 3.72. The van der Waals surface area contributed by atoms with Gasteiger partial charge < -0.3 is 5.11 Å². The number of hydrogen-bond donors (Lipinski definition) is 1. The molecule has 0 radical (unpaired) electrons. The predicted molar refractivity (Wildman–Crippen MR) is 90.8 cm³/mol. The molecule has 1 fully saturated rings. The first kappa shape index (κ1) is 15.3. The molecule has 2 aromatic carbocycles. The van der Waals surface area contributed by atoms with Crippen molar-refractivity contribution in [3.05, 3.63) is 71.8 Å².